The third-order valence-electron chi connectivity index (χ3n) is 6.44. The molecule has 38 heavy (non-hydrogen) atoms. The van der Waals surface area contributed by atoms with Crippen LogP contribution in [0.1, 0.15) is 36.1 Å². The van der Waals surface area contributed by atoms with Crippen LogP contribution in [0.5, 0.6) is 11.5 Å². The third kappa shape index (κ3) is 6.86. The Labute approximate surface area is 224 Å². The van der Waals surface area contributed by atoms with Gasteiger partial charge in [-0.3, -0.25) is 0 Å². The summed E-state index contributed by atoms with van der Waals surface area (Å²) in [7, 11) is 0. The number of hydrogen-bond acceptors (Lipinski definition) is 4. The number of esters is 2. The SMILES string of the molecule is C=C(C)C(=O)Oc1ccc(CCc2ccc(CCc3ccc(OC(=O)C(=C)C)cc3)c3ccccc23)cc1. The van der Waals surface area contributed by atoms with Crippen LogP contribution < -0.4 is 9.47 Å². The Morgan fingerprint density at radius 1 is 0.553 bits per heavy atom. The molecule has 0 radical (unpaired) electrons. The Morgan fingerprint density at radius 3 is 1.26 bits per heavy atom. The van der Waals surface area contributed by atoms with Crippen LogP contribution >= 0.6 is 0 Å². The second kappa shape index (κ2) is 12.2. The van der Waals surface area contributed by atoms with E-state index in [0.717, 1.165) is 25.7 Å². The fraction of sp³-hybridized carbons (Fsp3) is 0.176. The van der Waals surface area contributed by atoms with E-state index in [2.05, 4.69) is 49.6 Å². The summed E-state index contributed by atoms with van der Waals surface area (Å²) in [4.78, 5) is 23.4. The predicted molar refractivity (Wildman–Crippen MR) is 153 cm³/mol. The van der Waals surface area contributed by atoms with Gasteiger partial charge in [-0.15, -0.1) is 0 Å². The monoisotopic (exact) mass is 504 g/mol. The molecule has 4 rings (SSSR count). The van der Waals surface area contributed by atoms with Crippen LogP contribution in [-0.2, 0) is 35.3 Å². The van der Waals surface area contributed by atoms with Crippen LogP contribution in [0.4, 0.5) is 0 Å². The highest BCUT2D eigenvalue weighted by molar-refractivity contribution is 5.90. The van der Waals surface area contributed by atoms with Crippen molar-refractivity contribution in [3.05, 3.63) is 131 Å². The van der Waals surface area contributed by atoms with Crippen molar-refractivity contribution in [2.24, 2.45) is 0 Å². The molecule has 0 fully saturated rings. The van der Waals surface area contributed by atoms with Crippen LogP contribution in [0.15, 0.2) is 109 Å². The minimum absolute atomic E-state index is 0.379. The molecule has 0 saturated heterocycles. The molecule has 4 nitrogen and oxygen atoms in total. The summed E-state index contributed by atoms with van der Waals surface area (Å²) in [6.07, 6.45) is 3.60. The lowest BCUT2D eigenvalue weighted by Crippen LogP contribution is -2.08. The van der Waals surface area contributed by atoms with Gasteiger partial charge < -0.3 is 9.47 Å². The number of rotatable bonds is 10. The minimum atomic E-state index is -0.412. The second-order valence-electron chi connectivity index (χ2n) is 9.56. The van der Waals surface area contributed by atoms with Crippen molar-refractivity contribution >= 4 is 22.7 Å². The third-order valence-corrected chi connectivity index (χ3v) is 6.44. The molecule has 0 atom stereocenters. The number of benzene rings is 4. The molecule has 0 saturated carbocycles. The van der Waals surface area contributed by atoms with Crippen LogP contribution in [0.2, 0.25) is 0 Å². The lowest BCUT2D eigenvalue weighted by molar-refractivity contribution is -0.130. The van der Waals surface area contributed by atoms with Crippen LogP contribution in [0.3, 0.4) is 0 Å². The summed E-state index contributed by atoms with van der Waals surface area (Å²) < 4.78 is 10.6. The van der Waals surface area contributed by atoms with E-state index in [4.69, 9.17) is 9.47 Å². The van der Waals surface area contributed by atoms with Gasteiger partial charge in [0.1, 0.15) is 11.5 Å². The predicted octanol–water partition coefficient (Wildman–Crippen LogP) is 7.37. The van der Waals surface area contributed by atoms with Crippen LogP contribution in [0.25, 0.3) is 10.8 Å². The Hall–Kier alpha value is -4.44. The number of carbonyl (C=O) groups excluding carboxylic acids is 2. The molecule has 0 N–H and O–H groups in total. The smallest absolute Gasteiger partial charge is 0.338 e. The number of fused-ring (bicyclic) bond motifs is 1. The van der Waals surface area contributed by atoms with Gasteiger partial charge >= 0.3 is 11.9 Å². The first-order valence-corrected chi connectivity index (χ1v) is 12.7. The first-order chi connectivity index (χ1) is 18.3. The molecule has 0 aromatic heterocycles. The van der Waals surface area contributed by atoms with Gasteiger partial charge in [-0.25, -0.2) is 9.59 Å². The molecule has 0 bridgehead atoms. The van der Waals surface area contributed by atoms with E-state index in [9.17, 15) is 9.59 Å². The van der Waals surface area contributed by atoms with Crippen LogP contribution in [-0.4, -0.2) is 11.9 Å². The summed E-state index contributed by atoms with van der Waals surface area (Å²) in [5.74, 6) is 0.231. The first-order valence-electron chi connectivity index (χ1n) is 12.7. The molecule has 4 aromatic rings. The van der Waals surface area contributed by atoms with Crippen molar-refractivity contribution in [1.29, 1.82) is 0 Å². The molecule has 0 aliphatic heterocycles. The topological polar surface area (TPSA) is 52.6 Å². The Bertz CT molecular complexity index is 1360. The van der Waals surface area contributed by atoms with Crippen molar-refractivity contribution < 1.29 is 19.1 Å². The summed E-state index contributed by atoms with van der Waals surface area (Å²) >= 11 is 0. The maximum atomic E-state index is 11.7. The summed E-state index contributed by atoms with van der Waals surface area (Å²) in [6, 6.07) is 28.4. The van der Waals surface area contributed by atoms with E-state index < -0.39 is 11.9 Å². The van der Waals surface area contributed by atoms with E-state index in [0.29, 0.717) is 22.6 Å². The molecule has 0 unspecified atom stereocenters. The fourth-order valence-corrected chi connectivity index (χ4v) is 4.25. The zero-order valence-corrected chi connectivity index (χ0v) is 22.0. The maximum absolute atomic E-state index is 11.7. The number of hydrogen-bond donors (Lipinski definition) is 0. The van der Waals surface area contributed by atoms with E-state index in [1.165, 1.54) is 33.0 Å². The van der Waals surface area contributed by atoms with Crippen molar-refractivity contribution in [3.63, 3.8) is 0 Å². The van der Waals surface area contributed by atoms with Gasteiger partial charge in [0.05, 0.1) is 0 Å². The van der Waals surface area contributed by atoms with Gasteiger partial charge in [0.15, 0.2) is 0 Å². The quantitative estimate of drug-likeness (QED) is 0.128. The van der Waals surface area contributed by atoms with E-state index in [-0.39, 0.29) is 0 Å². The minimum Gasteiger partial charge on any atom is -0.423 e. The maximum Gasteiger partial charge on any atom is 0.338 e. The highest BCUT2D eigenvalue weighted by Gasteiger charge is 2.09. The molecule has 0 amide bonds. The summed E-state index contributed by atoms with van der Waals surface area (Å²) in [6.45, 7) is 10.5. The van der Waals surface area contributed by atoms with Gasteiger partial charge in [-0.05, 0) is 96.8 Å². The van der Waals surface area contributed by atoms with E-state index in [1.54, 1.807) is 13.8 Å². The Morgan fingerprint density at radius 2 is 0.921 bits per heavy atom. The molecule has 0 heterocycles. The standard InChI is InChI=1S/C34H32O4/c1-23(2)33(35)37-29-19-11-25(12-20-29)9-15-27-17-18-28(32-8-6-5-7-31(27)32)16-10-26-13-21-30(22-14-26)38-34(36)24(3)4/h5-8,11-14,17-22H,1,3,9-10,15-16H2,2,4H3. The molecular weight excluding hydrogens is 472 g/mol. The molecule has 4 heteroatoms. The second-order valence-corrected chi connectivity index (χ2v) is 9.56. The molecular formula is C34H32O4. The first kappa shape index (κ1) is 26.6. The number of carbonyl (C=O) groups is 2. The number of ether oxygens (including phenoxy) is 2. The van der Waals surface area contributed by atoms with Gasteiger partial charge in [-0.2, -0.15) is 0 Å². The summed E-state index contributed by atoms with van der Waals surface area (Å²) in [5, 5.41) is 2.55. The zero-order chi connectivity index (χ0) is 27.1. The summed E-state index contributed by atoms with van der Waals surface area (Å²) in [5.41, 5.74) is 5.75. The number of aryl methyl sites for hydroxylation is 4. The van der Waals surface area contributed by atoms with E-state index in [1.807, 2.05) is 48.5 Å². The van der Waals surface area contributed by atoms with Gasteiger partial charge in [-0.1, -0.05) is 73.8 Å². The Balaban J connectivity index is 1.41. The Kier molecular flexibility index (Phi) is 8.55. The normalized spacial score (nSPS) is 10.7. The van der Waals surface area contributed by atoms with Crippen molar-refractivity contribution in [1.82, 2.24) is 0 Å². The van der Waals surface area contributed by atoms with Crippen molar-refractivity contribution in [3.8, 4) is 11.5 Å². The lowest BCUT2D eigenvalue weighted by Gasteiger charge is -2.12. The molecule has 0 aliphatic rings. The fourth-order valence-electron chi connectivity index (χ4n) is 4.25. The average Bonchev–Trinajstić information content (AvgIpc) is 2.92. The van der Waals surface area contributed by atoms with Crippen molar-refractivity contribution in [2.45, 2.75) is 39.5 Å². The van der Waals surface area contributed by atoms with Gasteiger partial charge in [0, 0.05) is 11.1 Å². The molecule has 192 valence electrons. The lowest BCUT2D eigenvalue weighted by atomic mass is 9.93. The van der Waals surface area contributed by atoms with Crippen LogP contribution in [0, 0.1) is 0 Å². The average molecular weight is 505 g/mol. The van der Waals surface area contributed by atoms with Crippen molar-refractivity contribution in [2.75, 3.05) is 0 Å². The molecule has 4 aromatic carbocycles. The van der Waals surface area contributed by atoms with Gasteiger partial charge in [0.2, 0.25) is 0 Å². The highest BCUT2D eigenvalue weighted by atomic mass is 16.5. The highest BCUT2D eigenvalue weighted by Crippen LogP contribution is 2.26. The molecule has 0 spiro atoms. The molecule has 0 aliphatic carbocycles. The largest absolute Gasteiger partial charge is 0.423 e. The van der Waals surface area contributed by atoms with E-state index >= 15 is 0 Å². The zero-order valence-electron chi connectivity index (χ0n) is 22.0. The van der Waals surface area contributed by atoms with Gasteiger partial charge in [0.25, 0.3) is 0 Å².